The van der Waals surface area contributed by atoms with Crippen molar-refractivity contribution in [2.45, 2.75) is 17.9 Å². The lowest BCUT2D eigenvalue weighted by Crippen LogP contribution is -2.15. The number of benzene rings is 1. The van der Waals surface area contributed by atoms with Crippen LogP contribution in [0, 0.1) is 12.8 Å². The van der Waals surface area contributed by atoms with Crippen molar-refractivity contribution >= 4 is 16.0 Å². The Morgan fingerprint density at radius 2 is 1.96 bits per heavy atom. The van der Waals surface area contributed by atoms with Crippen LogP contribution >= 0.6 is 0 Å². The van der Waals surface area contributed by atoms with Crippen molar-refractivity contribution in [1.82, 2.24) is 3.97 Å². The minimum atomic E-state index is -3.73. The quantitative estimate of drug-likeness (QED) is 0.673. The molecule has 1 aliphatic rings. The van der Waals surface area contributed by atoms with Gasteiger partial charge in [-0.25, -0.2) is 17.2 Å². The van der Waals surface area contributed by atoms with Crippen molar-refractivity contribution in [3.63, 3.8) is 0 Å². The SMILES string of the molecule is C=C1C(=O)OCC1C(O)c1ccn(S(=O)(=O)c2ccc(C)cc2)c1. The summed E-state index contributed by atoms with van der Waals surface area (Å²) in [4.78, 5) is 11.5. The Bertz CT molecular complexity index is 895. The first-order chi connectivity index (χ1) is 11.3. The Labute approximate surface area is 140 Å². The number of aromatic nitrogens is 1. The fourth-order valence-electron chi connectivity index (χ4n) is 2.57. The molecule has 0 bridgehead atoms. The highest BCUT2D eigenvalue weighted by Gasteiger charge is 2.35. The van der Waals surface area contributed by atoms with Crippen LogP contribution in [0.1, 0.15) is 17.2 Å². The highest BCUT2D eigenvalue weighted by atomic mass is 32.2. The molecule has 6 nitrogen and oxygen atoms in total. The molecule has 0 saturated carbocycles. The Balaban J connectivity index is 1.89. The van der Waals surface area contributed by atoms with E-state index < -0.39 is 28.0 Å². The second-order valence-electron chi connectivity index (χ2n) is 5.77. The zero-order valence-electron chi connectivity index (χ0n) is 13.0. The van der Waals surface area contributed by atoms with Crippen LogP contribution in [0.15, 0.2) is 59.8 Å². The lowest BCUT2D eigenvalue weighted by Gasteiger charge is -2.14. The molecule has 1 aromatic heterocycles. The number of rotatable bonds is 4. The first-order valence-electron chi connectivity index (χ1n) is 7.35. The summed E-state index contributed by atoms with van der Waals surface area (Å²) in [5.74, 6) is -1.11. The molecule has 1 saturated heterocycles. The first-order valence-corrected chi connectivity index (χ1v) is 8.79. The number of hydrogen-bond donors (Lipinski definition) is 1. The summed E-state index contributed by atoms with van der Waals surface area (Å²) in [5, 5.41) is 10.4. The van der Waals surface area contributed by atoms with E-state index >= 15 is 0 Å². The molecule has 126 valence electrons. The van der Waals surface area contributed by atoms with Crippen molar-refractivity contribution in [3.8, 4) is 0 Å². The van der Waals surface area contributed by atoms with Gasteiger partial charge in [0.15, 0.2) is 0 Å². The number of esters is 1. The zero-order valence-corrected chi connectivity index (χ0v) is 13.9. The summed E-state index contributed by atoms with van der Waals surface area (Å²) in [5.41, 5.74) is 1.54. The molecule has 1 N–H and O–H groups in total. The molecule has 1 aliphatic heterocycles. The van der Waals surface area contributed by atoms with Crippen LogP contribution in [0.3, 0.4) is 0 Å². The number of cyclic esters (lactones) is 1. The molecule has 24 heavy (non-hydrogen) atoms. The summed E-state index contributed by atoms with van der Waals surface area (Å²) >= 11 is 0. The molecule has 0 amide bonds. The van der Waals surface area contributed by atoms with Gasteiger partial charge in [-0.3, -0.25) is 0 Å². The normalized spacial score (nSPS) is 19.3. The van der Waals surface area contributed by atoms with E-state index in [0.29, 0.717) is 5.56 Å². The highest BCUT2D eigenvalue weighted by molar-refractivity contribution is 7.90. The van der Waals surface area contributed by atoms with Gasteiger partial charge in [0.05, 0.1) is 16.9 Å². The molecule has 2 unspecified atom stereocenters. The predicted molar refractivity (Wildman–Crippen MR) is 86.7 cm³/mol. The molecule has 3 rings (SSSR count). The van der Waals surface area contributed by atoms with E-state index in [-0.39, 0.29) is 17.1 Å². The number of nitrogens with zero attached hydrogens (tertiary/aromatic N) is 1. The highest BCUT2D eigenvalue weighted by Crippen LogP contribution is 2.33. The minimum absolute atomic E-state index is 0.0364. The zero-order chi connectivity index (χ0) is 17.5. The Morgan fingerprint density at radius 1 is 1.29 bits per heavy atom. The number of carbonyl (C=O) groups is 1. The molecular weight excluding hydrogens is 330 g/mol. The van der Waals surface area contributed by atoms with Gasteiger partial charge < -0.3 is 9.84 Å². The van der Waals surface area contributed by atoms with E-state index in [0.717, 1.165) is 9.54 Å². The van der Waals surface area contributed by atoms with Crippen LogP contribution in [0.5, 0.6) is 0 Å². The Kier molecular flexibility index (Phi) is 4.06. The van der Waals surface area contributed by atoms with Crippen LogP contribution in [-0.4, -0.2) is 30.1 Å². The lowest BCUT2D eigenvalue weighted by atomic mass is 9.93. The van der Waals surface area contributed by atoms with Gasteiger partial charge in [0.2, 0.25) is 0 Å². The predicted octanol–water partition coefficient (Wildman–Crippen LogP) is 1.80. The third-order valence-corrected chi connectivity index (χ3v) is 5.76. The molecule has 1 fully saturated rings. The fourth-order valence-corrected chi connectivity index (χ4v) is 3.78. The topological polar surface area (TPSA) is 85.6 Å². The number of aryl methyl sites for hydroxylation is 1. The molecule has 2 heterocycles. The first kappa shape index (κ1) is 16.5. The number of carbonyl (C=O) groups excluding carboxylic acids is 1. The summed E-state index contributed by atoms with van der Waals surface area (Å²) in [6.45, 7) is 5.52. The van der Waals surface area contributed by atoms with Gasteiger partial charge >= 0.3 is 5.97 Å². The molecule has 1 aromatic carbocycles. The van der Waals surface area contributed by atoms with Crippen molar-refractivity contribution in [1.29, 1.82) is 0 Å². The lowest BCUT2D eigenvalue weighted by molar-refractivity contribution is -0.135. The van der Waals surface area contributed by atoms with Crippen LogP contribution in [0.25, 0.3) is 0 Å². The largest absolute Gasteiger partial charge is 0.462 e. The van der Waals surface area contributed by atoms with E-state index in [9.17, 15) is 18.3 Å². The van der Waals surface area contributed by atoms with Crippen molar-refractivity contribution in [2.75, 3.05) is 6.61 Å². The maximum Gasteiger partial charge on any atom is 0.333 e. The maximum absolute atomic E-state index is 12.6. The molecule has 0 radical (unpaired) electrons. The number of aliphatic hydroxyl groups is 1. The fraction of sp³-hybridized carbons (Fsp3) is 0.235. The van der Waals surface area contributed by atoms with Crippen LogP contribution < -0.4 is 0 Å². The molecule has 0 aliphatic carbocycles. The monoisotopic (exact) mass is 347 g/mol. The van der Waals surface area contributed by atoms with Gasteiger partial charge in [0.1, 0.15) is 6.61 Å². The van der Waals surface area contributed by atoms with E-state index in [1.165, 1.54) is 30.6 Å². The summed E-state index contributed by atoms with van der Waals surface area (Å²) in [6, 6.07) is 8.01. The van der Waals surface area contributed by atoms with E-state index in [1.54, 1.807) is 12.1 Å². The standard InChI is InChI=1S/C17H17NO5S/c1-11-3-5-14(6-4-11)24(21,22)18-8-7-13(9-18)16(19)15-10-23-17(20)12(15)2/h3-9,15-16,19H,2,10H2,1H3. The second kappa shape index (κ2) is 5.92. The number of ether oxygens (including phenoxy) is 1. The number of hydrogen-bond acceptors (Lipinski definition) is 5. The second-order valence-corrected chi connectivity index (χ2v) is 7.61. The van der Waals surface area contributed by atoms with Gasteiger partial charge in [-0.2, -0.15) is 0 Å². The van der Waals surface area contributed by atoms with Gasteiger partial charge in [-0.15, -0.1) is 0 Å². The van der Waals surface area contributed by atoms with Gasteiger partial charge in [-0.1, -0.05) is 24.3 Å². The maximum atomic E-state index is 12.6. The molecule has 7 heteroatoms. The molecule has 2 aromatic rings. The summed E-state index contributed by atoms with van der Waals surface area (Å²) < 4.78 is 31.1. The third-order valence-electron chi connectivity index (χ3n) is 4.11. The van der Waals surface area contributed by atoms with Crippen molar-refractivity contribution in [2.24, 2.45) is 5.92 Å². The molecule has 2 atom stereocenters. The number of aliphatic hydroxyl groups excluding tert-OH is 1. The molecule has 0 spiro atoms. The van der Waals surface area contributed by atoms with Crippen LogP contribution in [-0.2, 0) is 19.6 Å². The van der Waals surface area contributed by atoms with E-state index in [2.05, 4.69) is 6.58 Å². The van der Waals surface area contributed by atoms with Crippen molar-refractivity contribution in [3.05, 3.63) is 66.0 Å². The third kappa shape index (κ3) is 2.76. The van der Waals surface area contributed by atoms with E-state index in [4.69, 9.17) is 4.74 Å². The Morgan fingerprint density at radius 3 is 2.54 bits per heavy atom. The smallest absolute Gasteiger partial charge is 0.333 e. The van der Waals surface area contributed by atoms with Crippen molar-refractivity contribution < 1.29 is 23.1 Å². The molecular formula is C17H17NO5S. The van der Waals surface area contributed by atoms with Gasteiger partial charge in [0.25, 0.3) is 10.0 Å². The summed E-state index contributed by atoms with van der Waals surface area (Å²) in [7, 11) is -3.73. The summed E-state index contributed by atoms with van der Waals surface area (Å²) in [6.07, 6.45) is 1.66. The van der Waals surface area contributed by atoms with Gasteiger partial charge in [0, 0.05) is 23.5 Å². The average molecular weight is 347 g/mol. The minimum Gasteiger partial charge on any atom is -0.462 e. The van der Waals surface area contributed by atoms with E-state index in [1.807, 2.05) is 6.92 Å². The van der Waals surface area contributed by atoms with Crippen LogP contribution in [0.4, 0.5) is 0 Å². The van der Waals surface area contributed by atoms with Gasteiger partial charge in [-0.05, 0) is 25.1 Å². The Hall–Kier alpha value is -2.38. The average Bonchev–Trinajstić information content (AvgIpc) is 3.16. The van der Waals surface area contributed by atoms with Crippen LogP contribution in [0.2, 0.25) is 0 Å².